The van der Waals surface area contributed by atoms with E-state index >= 15 is 0 Å². The maximum Gasteiger partial charge on any atom is 0.260 e. The maximum absolute atomic E-state index is 12.1. The predicted octanol–water partition coefficient (Wildman–Crippen LogP) is 2.14. The molecule has 0 saturated heterocycles. The maximum atomic E-state index is 12.1. The van der Waals surface area contributed by atoms with Crippen molar-refractivity contribution in [3.63, 3.8) is 0 Å². The van der Waals surface area contributed by atoms with Crippen molar-refractivity contribution in [1.82, 2.24) is 20.6 Å². The third-order valence-corrected chi connectivity index (χ3v) is 4.54. The van der Waals surface area contributed by atoms with E-state index in [9.17, 15) is 9.59 Å². The summed E-state index contributed by atoms with van der Waals surface area (Å²) in [5, 5.41) is 3.90. The van der Waals surface area contributed by atoms with Gasteiger partial charge in [-0.15, -0.1) is 11.8 Å². The summed E-state index contributed by atoms with van der Waals surface area (Å²) in [6, 6.07) is 9.86. The molecule has 1 aromatic carbocycles. The van der Waals surface area contributed by atoms with Gasteiger partial charge in [0.25, 0.3) is 11.8 Å². The standard InChI is InChI=1S/C17H22N4O2S/c1-11-5-7-15(8-6-11)24-14(4)17(23)19-18-16(22)10-21-13(3)9-12(2)20-21/h5-9,14H,10H2,1-4H3,(H,18,22)(H,19,23)/t14-/m1/s1. The summed E-state index contributed by atoms with van der Waals surface area (Å²) in [4.78, 5) is 25.0. The lowest BCUT2D eigenvalue weighted by molar-refractivity contribution is -0.128. The van der Waals surface area contributed by atoms with Gasteiger partial charge in [0.15, 0.2) is 0 Å². The summed E-state index contributed by atoms with van der Waals surface area (Å²) in [5.41, 5.74) is 7.82. The molecule has 0 bridgehead atoms. The number of nitrogens with one attached hydrogen (secondary N) is 2. The van der Waals surface area contributed by atoms with Crippen LogP contribution in [0.25, 0.3) is 0 Å². The van der Waals surface area contributed by atoms with Crippen molar-refractivity contribution >= 4 is 23.6 Å². The first-order valence-electron chi connectivity index (χ1n) is 7.68. The molecule has 0 spiro atoms. The molecule has 0 radical (unpaired) electrons. The van der Waals surface area contributed by atoms with Gasteiger partial charge in [0.2, 0.25) is 0 Å². The van der Waals surface area contributed by atoms with Gasteiger partial charge in [-0.2, -0.15) is 5.10 Å². The van der Waals surface area contributed by atoms with Gasteiger partial charge in [0.05, 0.1) is 10.9 Å². The van der Waals surface area contributed by atoms with Crippen molar-refractivity contribution in [3.8, 4) is 0 Å². The van der Waals surface area contributed by atoms with Gasteiger partial charge >= 0.3 is 0 Å². The molecule has 7 heteroatoms. The second-order valence-corrected chi connectivity index (χ2v) is 7.11. The summed E-state index contributed by atoms with van der Waals surface area (Å²) in [6.45, 7) is 7.63. The minimum absolute atomic E-state index is 0.0689. The molecule has 2 N–H and O–H groups in total. The van der Waals surface area contributed by atoms with Gasteiger partial charge in [-0.1, -0.05) is 17.7 Å². The third-order valence-electron chi connectivity index (χ3n) is 3.42. The number of aromatic nitrogens is 2. The lowest BCUT2D eigenvalue weighted by Crippen LogP contribution is -2.46. The first kappa shape index (κ1) is 18.1. The number of carbonyl (C=O) groups excluding carboxylic acids is 2. The van der Waals surface area contributed by atoms with Crippen molar-refractivity contribution < 1.29 is 9.59 Å². The van der Waals surface area contributed by atoms with E-state index in [1.54, 1.807) is 11.6 Å². The SMILES string of the molecule is Cc1ccc(S[C@H](C)C(=O)NNC(=O)Cn2nc(C)cc2C)cc1. The highest BCUT2D eigenvalue weighted by molar-refractivity contribution is 8.00. The van der Waals surface area contributed by atoms with Crippen molar-refractivity contribution in [2.75, 3.05) is 0 Å². The van der Waals surface area contributed by atoms with Crippen molar-refractivity contribution in [2.24, 2.45) is 0 Å². The van der Waals surface area contributed by atoms with Gasteiger partial charge in [-0.3, -0.25) is 25.1 Å². The zero-order valence-electron chi connectivity index (χ0n) is 14.3. The quantitative estimate of drug-likeness (QED) is 0.642. The molecule has 2 aromatic rings. The Morgan fingerprint density at radius 2 is 1.83 bits per heavy atom. The predicted molar refractivity (Wildman–Crippen MR) is 94.5 cm³/mol. The number of rotatable bonds is 5. The van der Waals surface area contributed by atoms with E-state index < -0.39 is 0 Å². The van der Waals surface area contributed by atoms with Gasteiger partial charge in [0, 0.05) is 10.6 Å². The average molecular weight is 346 g/mol. The van der Waals surface area contributed by atoms with E-state index in [4.69, 9.17) is 0 Å². The lowest BCUT2D eigenvalue weighted by Gasteiger charge is -2.13. The van der Waals surface area contributed by atoms with Gasteiger partial charge in [-0.25, -0.2) is 0 Å². The number of hydrazine groups is 1. The van der Waals surface area contributed by atoms with Crippen LogP contribution in [0.5, 0.6) is 0 Å². The molecule has 24 heavy (non-hydrogen) atoms. The molecule has 0 fully saturated rings. The molecule has 1 atom stereocenters. The topological polar surface area (TPSA) is 76.0 Å². The highest BCUT2D eigenvalue weighted by atomic mass is 32.2. The lowest BCUT2D eigenvalue weighted by atomic mass is 10.2. The van der Waals surface area contributed by atoms with E-state index in [0.717, 1.165) is 16.3 Å². The number of hydrogen-bond acceptors (Lipinski definition) is 4. The van der Waals surface area contributed by atoms with Crippen LogP contribution in [0.3, 0.4) is 0 Å². The molecule has 0 saturated carbocycles. The number of carbonyl (C=O) groups is 2. The number of hydrogen-bond donors (Lipinski definition) is 2. The largest absolute Gasteiger partial charge is 0.272 e. The minimum atomic E-state index is -0.318. The molecule has 1 aromatic heterocycles. The Balaban J connectivity index is 1.80. The summed E-state index contributed by atoms with van der Waals surface area (Å²) in [7, 11) is 0. The second-order valence-electron chi connectivity index (χ2n) is 5.70. The molecule has 2 amide bonds. The zero-order valence-corrected chi connectivity index (χ0v) is 15.1. The Hall–Kier alpha value is -2.28. The smallest absolute Gasteiger partial charge is 0.260 e. The van der Waals surface area contributed by atoms with Crippen molar-refractivity contribution in [2.45, 2.75) is 44.4 Å². The summed E-state index contributed by atoms with van der Waals surface area (Å²) in [5.74, 6) is -0.565. The summed E-state index contributed by atoms with van der Waals surface area (Å²) >= 11 is 1.44. The van der Waals surface area contributed by atoms with Crippen LogP contribution >= 0.6 is 11.8 Å². The summed E-state index contributed by atoms with van der Waals surface area (Å²) < 4.78 is 1.60. The molecular formula is C17H22N4O2S. The fraction of sp³-hybridized carbons (Fsp3) is 0.353. The molecule has 1 heterocycles. The monoisotopic (exact) mass is 346 g/mol. The molecule has 6 nitrogen and oxygen atoms in total. The first-order chi connectivity index (χ1) is 11.3. The highest BCUT2D eigenvalue weighted by Crippen LogP contribution is 2.23. The summed E-state index contributed by atoms with van der Waals surface area (Å²) in [6.07, 6.45) is 0. The van der Waals surface area contributed by atoms with Crippen molar-refractivity contribution in [3.05, 3.63) is 47.3 Å². The average Bonchev–Trinajstić information content (AvgIpc) is 2.84. The molecule has 128 valence electrons. The Kier molecular flexibility index (Phi) is 6.03. The Bertz CT molecular complexity index is 725. The van der Waals surface area contributed by atoms with E-state index in [-0.39, 0.29) is 23.6 Å². The van der Waals surface area contributed by atoms with Crippen LogP contribution in [0.1, 0.15) is 23.9 Å². The van der Waals surface area contributed by atoms with Crippen LogP contribution in [0.15, 0.2) is 35.2 Å². The van der Waals surface area contributed by atoms with Crippen LogP contribution in [-0.4, -0.2) is 26.8 Å². The Morgan fingerprint density at radius 3 is 2.42 bits per heavy atom. The minimum Gasteiger partial charge on any atom is -0.272 e. The Morgan fingerprint density at radius 1 is 1.17 bits per heavy atom. The number of nitrogens with zero attached hydrogens (tertiary/aromatic N) is 2. The molecule has 0 unspecified atom stereocenters. The molecule has 2 rings (SSSR count). The van der Waals surface area contributed by atoms with E-state index in [1.807, 2.05) is 51.1 Å². The number of benzene rings is 1. The molecule has 0 aliphatic rings. The number of amides is 2. The van der Waals surface area contributed by atoms with E-state index in [0.29, 0.717) is 0 Å². The van der Waals surface area contributed by atoms with Crippen molar-refractivity contribution in [1.29, 1.82) is 0 Å². The third kappa shape index (κ3) is 5.13. The van der Waals surface area contributed by atoms with Gasteiger partial charge in [-0.05, 0) is 45.9 Å². The van der Waals surface area contributed by atoms with Crippen LogP contribution in [0.4, 0.5) is 0 Å². The number of aryl methyl sites for hydroxylation is 3. The highest BCUT2D eigenvalue weighted by Gasteiger charge is 2.15. The van der Waals surface area contributed by atoms with Gasteiger partial charge < -0.3 is 0 Å². The molecule has 0 aliphatic heterocycles. The zero-order chi connectivity index (χ0) is 17.7. The van der Waals surface area contributed by atoms with Crippen LogP contribution in [0, 0.1) is 20.8 Å². The second kappa shape index (κ2) is 8.01. The number of thioether (sulfide) groups is 1. The normalized spacial score (nSPS) is 11.8. The van der Waals surface area contributed by atoms with Crippen LogP contribution < -0.4 is 10.9 Å². The molecule has 0 aliphatic carbocycles. The van der Waals surface area contributed by atoms with Gasteiger partial charge in [0.1, 0.15) is 6.54 Å². The Labute approximate surface area is 146 Å². The van der Waals surface area contributed by atoms with Crippen LogP contribution in [-0.2, 0) is 16.1 Å². The van der Waals surface area contributed by atoms with E-state index in [2.05, 4.69) is 16.0 Å². The van der Waals surface area contributed by atoms with Crippen LogP contribution in [0.2, 0.25) is 0 Å². The first-order valence-corrected chi connectivity index (χ1v) is 8.56. The van der Waals surface area contributed by atoms with E-state index in [1.165, 1.54) is 17.3 Å². The fourth-order valence-electron chi connectivity index (χ4n) is 2.12. The fourth-order valence-corrected chi connectivity index (χ4v) is 2.99. The molecular weight excluding hydrogens is 324 g/mol.